The van der Waals surface area contributed by atoms with E-state index in [1.807, 2.05) is 13.8 Å². The zero-order chi connectivity index (χ0) is 14.0. The van der Waals surface area contributed by atoms with Crippen molar-refractivity contribution in [3.8, 4) is 0 Å². The maximum atomic E-state index is 11.3. The molecule has 0 unspecified atom stereocenters. The number of carbonyl (C=O) groups is 1. The molecule has 0 fully saturated rings. The Balaban J connectivity index is 2.00. The van der Waals surface area contributed by atoms with Crippen LogP contribution in [-0.4, -0.2) is 12.5 Å². The number of hydrogen-bond donors (Lipinski definition) is 2. The van der Waals surface area contributed by atoms with Crippen LogP contribution < -0.4 is 11.1 Å². The van der Waals surface area contributed by atoms with E-state index in [4.69, 9.17) is 5.73 Å². The van der Waals surface area contributed by atoms with Crippen molar-refractivity contribution in [2.45, 2.75) is 46.1 Å². The molecule has 0 heterocycles. The molecule has 0 aromatic heterocycles. The van der Waals surface area contributed by atoms with E-state index in [9.17, 15) is 4.79 Å². The van der Waals surface area contributed by atoms with Gasteiger partial charge in [0.25, 0.3) is 0 Å². The van der Waals surface area contributed by atoms with E-state index in [-0.39, 0.29) is 11.9 Å². The Labute approximate surface area is 115 Å². The fraction of sp³-hybridized carbons (Fsp3) is 0.562. The van der Waals surface area contributed by atoms with Crippen molar-refractivity contribution in [3.05, 3.63) is 34.9 Å². The molecule has 3 N–H and O–H groups in total. The van der Waals surface area contributed by atoms with E-state index < -0.39 is 5.41 Å². The van der Waals surface area contributed by atoms with Gasteiger partial charge in [-0.25, -0.2) is 0 Å². The highest BCUT2D eigenvalue weighted by molar-refractivity contribution is 5.80. The van der Waals surface area contributed by atoms with Crippen LogP contribution in [0.15, 0.2) is 18.2 Å². The summed E-state index contributed by atoms with van der Waals surface area (Å²) in [5.41, 5.74) is 9.15. The minimum Gasteiger partial charge on any atom is -0.369 e. The number of nitrogens with two attached hydrogens (primary N) is 1. The highest BCUT2D eigenvalue weighted by Gasteiger charge is 2.25. The second kappa shape index (κ2) is 5.33. The number of benzene rings is 1. The fourth-order valence-corrected chi connectivity index (χ4v) is 2.47. The van der Waals surface area contributed by atoms with Crippen LogP contribution in [0.2, 0.25) is 0 Å². The smallest absolute Gasteiger partial charge is 0.224 e. The van der Waals surface area contributed by atoms with Crippen molar-refractivity contribution in [2.24, 2.45) is 11.1 Å². The summed E-state index contributed by atoms with van der Waals surface area (Å²) < 4.78 is 0. The highest BCUT2D eigenvalue weighted by atomic mass is 16.1. The molecular weight excluding hydrogens is 236 g/mol. The summed E-state index contributed by atoms with van der Waals surface area (Å²) in [4.78, 5) is 11.3. The average molecular weight is 260 g/mol. The molecule has 0 saturated heterocycles. The van der Waals surface area contributed by atoms with Gasteiger partial charge in [-0.3, -0.25) is 4.79 Å². The zero-order valence-corrected chi connectivity index (χ0v) is 12.1. The normalized spacial score (nSPS) is 16.2. The van der Waals surface area contributed by atoms with E-state index in [1.165, 1.54) is 36.0 Å². The largest absolute Gasteiger partial charge is 0.369 e. The number of carbonyl (C=O) groups excluding carboxylic acids is 1. The Kier molecular flexibility index (Phi) is 3.95. The summed E-state index contributed by atoms with van der Waals surface area (Å²) in [7, 11) is 0. The third-order valence-electron chi connectivity index (χ3n) is 4.14. The van der Waals surface area contributed by atoms with Crippen LogP contribution in [0.25, 0.3) is 0 Å². The number of primary amides is 1. The summed E-state index contributed by atoms with van der Waals surface area (Å²) >= 11 is 0. The van der Waals surface area contributed by atoms with Crippen molar-refractivity contribution < 1.29 is 4.79 Å². The quantitative estimate of drug-likeness (QED) is 0.853. The number of fused-ring (bicyclic) bond motifs is 1. The molecule has 3 heteroatoms. The first-order valence-corrected chi connectivity index (χ1v) is 7.05. The lowest BCUT2D eigenvalue weighted by atomic mass is 9.92. The zero-order valence-electron chi connectivity index (χ0n) is 12.1. The number of aryl methyl sites for hydroxylation is 2. The van der Waals surface area contributed by atoms with Crippen LogP contribution in [0, 0.1) is 5.41 Å². The van der Waals surface area contributed by atoms with Crippen molar-refractivity contribution in [1.82, 2.24) is 5.32 Å². The SMILES string of the molecule is C[C@H](NCC(C)(C)C(N)=O)c1ccc2c(c1)CCC2. The molecule has 1 amide bonds. The summed E-state index contributed by atoms with van der Waals surface area (Å²) in [6.07, 6.45) is 3.68. The van der Waals surface area contributed by atoms with E-state index >= 15 is 0 Å². The molecule has 1 aromatic carbocycles. The Hall–Kier alpha value is -1.35. The van der Waals surface area contributed by atoms with Crippen LogP contribution in [0.5, 0.6) is 0 Å². The Morgan fingerprint density at radius 1 is 1.37 bits per heavy atom. The van der Waals surface area contributed by atoms with Gasteiger partial charge in [0.1, 0.15) is 0 Å². The molecule has 0 bridgehead atoms. The fourth-order valence-electron chi connectivity index (χ4n) is 2.47. The van der Waals surface area contributed by atoms with Crippen LogP contribution in [0.1, 0.15) is 49.9 Å². The average Bonchev–Trinajstić information content (AvgIpc) is 2.82. The van der Waals surface area contributed by atoms with Crippen LogP contribution in [0.3, 0.4) is 0 Å². The van der Waals surface area contributed by atoms with Crippen molar-refractivity contribution in [1.29, 1.82) is 0 Å². The molecule has 3 nitrogen and oxygen atoms in total. The van der Waals surface area contributed by atoms with E-state index in [2.05, 4.69) is 30.4 Å². The van der Waals surface area contributed by atoms with Crippen molar-refractivity contribution in [3.63, 3.8) is 0 Å². The summed E-state index contributed by atoms with van der Waals surface area (Å²) in [5.74, 6) is -0.263. The van der Waals surface area contributed by atoms with Crippen molar-refractivity contribution >= 4 is 5.91 Å². The standard InChI is InChI=1S/C16H24N2O/c1-11(18-10-16(2,3)15(17)19)13-8-7-12-5-4-6-14(12)9-13/h7-9,11,18H,4-6,10H2,1-3H3,(H2,17,19)/t11-/m0/s1. The molecule has 19 heavy (non-hydrogen) atoms. The lowest BCUT2D eigenvalue weighted by Gasteiger charge is -2.24. The Bertz CT molecular complexity index is 480. The Morgan fingerprint density at radius 2 is 2.05 bits per heavy atom. The number of rotatable bonds is 5. The van der Waals surface area contributed by atoms with Crippen LogP contribution in [0.4, 0.5) is 0 Å². The lowest BCUT2D eigenvalue weighted by molar-refractivity contribution is -0.125. The highest BCUT2D eigenvalue weighted by Crippen LogP contribution is 2.25. The molecule has 1 aliphatic rings. The lowest BCUT2D eigenvalue weighted by Crippen LogP contribution is -2.41. The molecule has 1 aromatic rings. The van der Waals surface area contributed by atoms with Gasteiger partial charge in [0.2, 0.25) is 5.91 Å². The third-order valence-corrected chi connectivity index (χ3v) is 4.14. The van der Waals surface area contributed by atoms with Gasteiger partial charge >= 0.3 is 0 Å². The van der Waals surface area contributed by atoms with Crippen LogP contribution in [-0.2, 0) is 17.6 Å². The van der Waals surface area contributed by atoms with Gasteiger partial charge in [-0.2, -0.15) is 0 Å². The maximum absolute atomic E-state index is 11.3. The minimum atomic E-state index is -0.509. The van der Waals surface area contributed by atoms with Crippen LogP contribution >= 0.6 is 0 Å². The third kappa shape index (κ3) is 3.16. The van der Waals surface area contributed by atoms with E-state index in [1.54, 1.807) is 0 Å². The van der Waals surface area contributed by atoms with Gasteiger partial charge in [-0.1, -0.05) is 18.2 Å². The maximum Gasteiger partial charge on any atom is 0.224 e. The van der Waals surface area contributed by atoms with Crippen molar-refractivity contribution in [2.75, 3.05) is 6.54 Å². The molecule has 104 valence electrons. The molecular formula is C16H24N2O. The Morgan fingerprint density at radius 3 is 2.74 bits per heavy atom. The van der Waals surface area contributed by atoms with Gasteiger partial charge in [0.15, 0.2) is 0 Å². The first-order valence-electron chi connectivity index (χ1n) is 7.05. The first-order chi connectivity index (χ1) is 8.90. The molecule has 2 rings (SSSR count). The van der Waals surface area contributed by atoms with Gasteiger partial charge in [-0.05, 0) is 56.7 Å². The van der Waals surface area contributed by atoms with Gasteiger partial charge in [0.05, 0.1) is 5.41 Å². The van der Waals surface area contributed by atoms with Gasteiger partial charge in [-0.15, -0.1) is 0 Å². The monoisotopic (exact) mass is 260 g/mol. The predicted octanol–water partition coefficient (Wildman–Crippen LogP) is 2.34. The molecule has 1 aliphatic carbocycles. The molecule has 0 aliphatic heterocycles. The summed E-state index contributed by atoms with van der Waals surface area (Å²) in [6, 6.07) is 6.98. The second-order valence-corrected chi connectivity index (χ2v) is 6.23. The number of hydrogen-bond acceptors (Lipinski definition) is 2. The number of amides is 1. The molecule has 0 saturated carbocycles. The molecule has 0 spiro atoms. The summed E-state index contributed by atoms with van der Waals surface area (Å²) in [6.45, 7) is 6.48. The summed E-state index contributed by atoms with van der Waals surface area (Å²) in [5, 5.41) is 3.41. The second-order valence-electron chi connectivity index (χ2n) is 6.23. The first kappa shape index (κ1) is 14.1. The predicted molar refractivity (Wildman–Crippen MR) is 77.9 cm³/mol. The van der Waals surface area contributed by atoms with E-state index in [0.29, 0.717) is 6.54 Å². The molecule has 1 atom stereocenters. The van der Waals surface area contributed by atoms with E-state index in [0.717, 1.165) is 0 Å². The van der Waals surface area contributed by atoms with Gasteiger partial charge in [0, 0.05) is 12.6 Å². The minimum absolute atomic E-state index is 0.240. The molecule has 0 radical (unpaired) electrons. The topological polar surface area (TPSA) is 55.1 Å². The van der Waals surface area contributed by atoms with Gasteiger partial charge < -0.3 is 11.1 Å². The number of nitrogens with one attached hydrogen (secondary N) is 1.